The highest BCUT2D eigenvalue weighted by molar-refractivity contribution is 6.30. The Kier molecular flexibility index (Phi) is 4.96. The van der Waals surface area contributed by atoms with Gasteiger partial charge in [-0.3, -0.25) is 9.78 Å². The second kappa shape index (κ2) is 6.71. The lowest BCUT2D eigenvalue weighted by Gasteiger charge is -2.11. The molecule has 0 saturated heterocycles. The molecule has 0 atom stereocenters. The van der Waals surface area contributed by atoms with Gasteiger partial charge < -0.3 is 10.1 Å². The molecule has 98 valence electrons. The smallest absolute Gasteiger partial charge is 0.270 e. The topological polar surface area (TPSA) is 51.2 Å². The van der Waals surface area contributed by atoms with E-state index in [1.54, 1.807) is 12.1 Å². The Morgan fingerprint density at radius 2 is 2.28 bits per heavy atom. The number of aromatic nitrogens is 1. The van der Waals surface area contributed by atoms with Crippen LogP contribution in [0.4, 0.5) is 0 Å². The molecular formula is C13H17ClN2O2. The van der Waals surface area contributed by atoms with Crippen molar-refractivity contribution in [3.05, 3.63) is 29.0 Å². The maximum atomic E-state index is 11.7. The average Bonchev–Trinajstić information content (AvgIpc) is 2.87. The van der Waals surface area contributed by atoms with Crippen molar-refractivity contribution in [1.29, 1.82) is 0 Å². The second-order valence-electron chi connectivity index (χ2n) is 4.39. The van der Waals surface area contributed by atoms with Crippen molar-refractivity contribution >= 4 is 17.5 Å². The normalized spacial score (nSPS) is 15.8. The molecule has 1 fully saturated rings. The third-order valence-corrected chi connectivity index (χ3v) is 3.23. The molecule has 18 heavy (non-hydrogen) atoms. The fourth-order valence-corrected chi connectivity index (χ4v) is 2.22. The summed E-state index contributed by atoms with van der Waals surface area (Å²) >= 11 is 5.79. The van der Waals surface area contributed by atoms with Gasteiger partial charge in [-0.15, -0.1) is 0 Å². The Bertz CT molecular complexity index is 406. The summed E-state index contributed by atoms with van der Waals surface area (Å²) in [7, 11) is 0. The van der Waals surface area contributed by atoms with Crippen LogP contribution in [0.3, 0.4) is 0 Å². The molecule has 5 heteroatoms. The van der Waals surface area contributed by atoms with E-state index in [1.807, 2.05) is 0 Å². The molecular weight excluding hydrogens is 252 g/mol. The average molecular weight is 269 g/mol. The number of hydrogen-bond donors (Lipinski definition) is 1. The molecule has 0 aliphatic heterocycles. The number of rotatable bonds is 5. The number of amides is 1. The van der Waals surface area contributed by atoms with Crippen molar-refractivity contribution < 1.29 is 9.53 Å². The summed E-state index contributed by atoms with van der Waals surface area (Å²) < 4.78 is 5.65. The first-order chi connectivity index (χ1) is 8.75. The van der Waals surface area contributed by atoms with E-state index in [4.69, 9.17) is 16.3 Å². The van der Waals surface area contributed by atoms with E-state index in [2.05, 4.69) is 10.3 Å². The first-order valence-electron chi connectivity index (χ1n) is 6.27. The monoisotopic (exact) mass is 268 g/mol. The molecule has 1 aliphatic carbocycles. The van der Waals surface area contributed by atoms with E-state index < -0.39 is 0 Å². The number of nitrogens with zero attached hydrogens (tertiary/aromatic N) is 1. The van der Waals surface area contributed by atoms with Crippen LogP contribution in [0.1, 0.15) is 36.2 Å². The highest BCUT2D eigenvalue weighted by atomic mass is 35.5. The van der Waals surface area contributed by atoms with Crippen LogP contribution in [-0.4, -0.2) is 30.1 Å². The van der Waals surface area contributed by atoms with E-state index in [-0.39, 0.29) is 5.91 Å². The number of halogens is 1. The fourth-order valence-electron chi connectivity index (χ4n) is 2.06. The third kappa shape index (κ3) is 3.96. The molecule has 2 rings (SSSR count). The van der Waals surface area contributed by atoms with Crippen LogP contribution >= 0.6 is 11.6 Å². The van der Waals surface area contributed by atoms with Crippen molar-refractivity contribution in [3.8, 4) is 0 Å². The van der Waals surface area contributed by atoms with E-state index >= 15 is 0 Å². The molecule has 0 aromatic carbocycles. The van der Waals surface area contributed by atoms with Gasteiger partial charge in [-0.25, -0.2) is 0 Å². The molecule has 1 heterocycles. The first-order valence-corrected chi connectivity index (χ1v) is 6.65. The molecule has 1 aromatic heterocycles. The molecule has 0 unspecified atom stereocenters. The quantitative estimate of drug-likeness (QED) is 0.835. The van der Waals surface area contributed by atoms with Crippen LogP contribution in [0.2, 0.25) is 5.02 Å². The van der Waals surface area contributed by atoms with Crippen LogP contribution in [0.5, 0.6) is 0 Å². The zero-order valence-electron chi connectivity index (χ0n) is 10.2. The molecule has 1 aromatic rings. The van der Waals surface area contributed by atoms with Crippen molar-refractivity contribution in [1.82, 2.24) is 10.3 Å². The van der Waals surface area contributed by atoms with E-state index in [0.29, 0.717) is 30.0 Å². The molecule has 0 spiro atoms. The number of ether oxygens (including phenoxy) is 1. The van der Waals surface area contributed by atoms with Gasteiger partial charge in [-0.1, -0.05) is 24.4 Å². The number of carbonyl (C=O) groups is 1. The van der Waals surface area contributed by atoms with Crippen LogP contribution in [0.25, 0.3) is 0 Å². The zero-order chi connectivity index (χ0) is 12.8. The Balaban J connectivity index is 1.68. The summed E-state index contributed by atoms with van der Waals surface area (Å²) in [4.78, 5) is 15.7. The van der Waals surface area contributed by atoms with Gasteiger partial charge in [0.25, 0.3) is 5.91 Å². The minimum atomic E-state index is -0.215. The van der Waals surface area contributed by atoms with Gasteiger partial charge in [0.2, 0.25) is 0 Å². The van der Waals surface area contributed by atoms with Gasteiger partial charge in [0.1, 0.15) is 5.69 Å². The molecule has 1 saturated carbocycles. The molecule has 1 N–H and O–H groups in total. The number of hydrogen-bond acceptors (Lipinski definition) is 3. The molecule has 0 radical (unpaired) electrons. The summed E-state index contributed by atoms with van der Waals surface area (Å²) in [6.45, 7) is 1.06. The van der Waals surface area contributed by atoms with Crippen molar-refractivity contribution in [3.63, 3.8) is 0 Å². The molecule has 4 nitrogen and oxygen atoms in total. The molecule has 0 bridgehead atoms. The minimum Gasteiger partial charge on any atom is -0.376 e. The first kappa shape index (κ1) is 13.3. The minimum absolute atomic E-state index is 0.215. The van der Waals surface area contributed by atoms with Gasteiger partial charge in [0.15, 0.2) is 0 Å². The highest BCUT2D eigenvalue weighted by Crippen LogP contribution is 2.20. The number of nitrogens with one attached hydrogen (secondary N) is 1. The van der Waals surface area contributed by atoms with Crippen LogP contribution in [-0.2, 0) is 4.74 Å². The van der Waals surface area contributed by atoms with E-state index in [1.165, 1.54) is 19.0 Å². The lowest BCUT2D eigenvalue weighted by atomic mass is 10.3. The standard InChI is InChI=1S/C13H17ClN2O2/c14-10-5-6-15-12(9-10)13(17)16-7-8-18-11-3-1-2-4-11/h5-6,9,11H,1-4,7-8H2,(H,16,17). The predicted molar refractivity (Wildman–Crippen MR) is 69.8 cm³/mol. The largest absolute Gasteiger partial charge is 0.376 e. The Hall–Kier alpha value is -1.13. The summed E-state index contributed by atoms with van der Waals surface area (Å²) in [6.07, 6.45) is 6.69. The van der Waals surface area contributed by atoms with Crippen LogP contribution < -0.4 is 5.32 Å². The summed E-state index contributed by atoms with van der Waals surface area (Å²) in [5, 5.41) is 3.28. The summed E-state index contributed by atoms with van der Waals surface area (Å²) in [6, 6.07) is 3.19. The highest BCUT2D eigenvalue weighted by Gasteiger charge is 2.15. The second-order valence-corrected chi connectivity index (χ2v) is 4.83. The third-order valence-electron chi connectivity index (χ3n) is 3.00. The van der Waals surface area contributed by atoms with E-state index in [9.17, 15) is 4.79 Å². The van der Waals surface area contributed by atoms with Gasteiger partial charge in [0.05, 0.1) is 12.7 Å². The lowest BCUT2D eigenvalue weighted by Crippen LogP contribution is -2.29. The molecule has 1 amide bonds. The lowest BCUT2D eigenvalue weighted by molar-refractivity contribution is 0.0581. The Labute approximate surface area is 112 Å². The van der Waals surface area contributed by atoms with Crippen molar-refractivity contribution in [2.75, 3.05) is 13.2 Å². The maximum Gasteiger partial charge on any atom is 0.270 e. The zero-order valence-corrected chi connectivity index (χ0v) is 10.9. The van der Waals surface area contributed by atoms with Crippen molar-refractivity contribution in [2.24, 2.45) is 0 Å². The Morgan fingerprint density at radius 1 is 1.50 bits per heavy atom. The van der Waals surface area contributed by atoms with E-state index in [0.717, 1.165) is 12.8 Å². The van der Waals surface area contributed by atoms with Gasteiger partial charge >= 0.3 is 0 Å². The SMILES string of the molecule is O=C(NCCOC1CCCC1)c1cc(Cl)ccn1. The van der Waals surface area contributed by atoms with Gasteiger partial charge in [-0.05, 0) is 25.0 Å². The molecule has 1 aliphatic rings. The Morgan fingerprint density at radius 3 is 3.00 bits per heavy atom. The van der Waals surface area contributed by atoms with Crippen molar-refractivity contribution in [2.45, 2.75) is 31.8 Å². The summed E-state index contributed by atoms with van der Waals surface area (Å²) in [5.41, 5.74) is 0.336. The summed E-state index contributed by atoms with van der Waals surface area (Å²) in [5.74, 6) is -0.215. The van der Waals surface area contributed by atoms with Gasteiger partial charge in [-0.2, -0.15) is 0 Å². The van der Waals surface area contributed by atoms with Crippen LogP contribution in [0, 0.1) is 0 Å². The predicted octanol–water partition coefficient (Wildman–Crippen LogP) is 2.42. The maximum absolute atomic E-state index is 11.7. The number of carbonyl (C=O) groups excluding carboxylic acids is 1. The van der Waals surface area contributed by atoms with Gasteiger partial charge in [0, 0.05) is 17.8 Å². The fraction of sp³-hybridized carbons (Fsp3) is 0.538. The van der Waals surface area contributed by atoms with Crippen LogP contribution in [0.15, 0.2) is 18.3 Å². The number of pyridine rings is 1.